The average Bonchev–Trinajstić information content (AvgIpc) is 4.02. The van der Waals surface area contributed by atoms with Gasteiger partial charge in [0.1, 0.15) is 11.4 Å². The van der Waals surface area contributed by atoms with Crippen LogP contribution >= 0.6 is 0 Å². The summed E-state index contributed by atoms with van der Waals surface area (Å²) in [6, 6.07) is 65.6. The normalized spacial score (nSPS) is 22.0. The van der Waals surface area contributed by atoms with Crippen LogP contribution in [0, 0.1) is 42.5 Å². The van der Waals surface area contributed by atoms with Crippen LogP contribution in [-0.4, -0.2) is 9.55 Å². The van der Waals surface area contributed by atoms with Crippen LogP contribution in [0.3, 0.4) is 0 Å². The maximum absolute atomic E-state index is 7.05. The van der Waals surface area contributed by atoms with Crippen molar-refractivity contribution in [3.8, 4) is 17.3 Å². The van der Waals surface area contributed by atoms with Gasteiger partial charge in [-0.3, -0.25) is 0 Å². The van der Waals surface area contributed by atoms with Crippen molar-refractivity contribution >= 4 is 66.5 Å². The molecule has 4 heterocycles. The van der Waals surface area contributed by atoms with Crippen molar-refractivity contribution < 1.29 is 30.2 Å². The second kappa shape index (κ2) is 15.0. The SMILES string of the molecule is [Pt].[c-]1c(N2[CH-]N(c3ccccc3)c3ccccc32)cc2oc3ccccc3c2c1Oc1[c-]c2c(cc1)c1ccccc1n2-c1cc(C2(c3ccccc3)C3CC4CC(C3)CC2C4)ccn1. The molecule has 7 heteroatoms. The molecule has 4 saturated carbocycles. The number of fused-ring (bicyclic) bond motifs is 7. The Morgan fingerprint density at radius 3 is 2.06 bits per heavy atom. The first-order chi connectivity index (χ1) is 31.7. The Hall–Kier alpha value is -6.62. The van der Waals surface area contributed by atoms with Gasteiger partial charge in [-0.2, -0.15) is 6.07 Å². The van der Waals surface area contributed by atoms with Crippen LogP contribution < -0.4 is 14.5 Å². The first-order valence-corrected chi connectivity index (χ1v) is 22.8. The molecule has 4 bridgehead atoms. The van der Waals surface area contributed by atoms with E-state index in [2.05, 4.69) is 173 Å². The monoisotopic (exact) mass is 1020 g/mol. The number of anilines is 4. The first-order valence-electron chi connectivity index (χ1n) is 22.8. The molecule has 10 aromatic rings. The molecule has 15 rings (SSSR count). The van der Waals surface area contributed by atoms with E-state index in [1.165, 1.54) is 43.2 Å². The van der Waals surface area contributed by atoms with Gasteiger partial charge in [0.25, 0.3) is 0 Å². The van der Waals surface area contributed by atoms with E-state index in [0.29, 0.717) is 23.3 Å². The van der Waals surface area contributed by atoms with Crippen molar-refractivity contribution in [1.29, 1.82) is 0 Å². The fourth-order valence-corrected chi connectivity index (χ4v) is 12.9. The number of nitrogens with zero attached hydrogens (tertiary/aromatic N) is 4. The van der Waals surface area contributed by atoms with Gasteiger partial charge in [-0.25, -0.2) is 4.98 Å². The van der Waals surface area contributed by atoms with E-state index < -0.39 is 0 Å². The number of para-hydroxylation sites is 5. The number of furan rings is 1. The maximum Gasteiger partial charge on any atom is 0.135 e. The molecule has 7 aromatic carbocycles. The Kier molecular flexibility index (Phi) is 8.94. The zero-order valence-corrected chi connectivity index (χ0v) is 37.8. The predicted molar refractivity (Wildman–Crippen MR) is 256 cm³/mol. The predicted octanol–water partition coefficient (Wildman–Crippen LogP) is 14.6. The molecule has 1 aliphatic heterocycles. The summed E-state index contributed by atoms with van der Waals surface area (Å²) in [4.78, 5) is 9.55. The van der Waals surface area contributed by atoms with Gasteiger partial charge in [0.05, 0.1) is 0 Å². The van der Waals surface area contributed by atoms with Crippen LogP contribution in [0.25, 0.3) is 49.6 Å². The van der Waals surface area contributed by atoms with E-state index in [1.807, 2.05) is 30.3 Å². The van der Waals surface area contributed by atoms with E-state index in [0.717, 1.165) is 84.1 Å². The summed E-state index contributed by atoms with van der Waals surface area (Å²) < 4.78 is 15.9. The topological polar surface area (TPSA) is 46.7 Å². The molecule has 0 atom stereocenters. The fraction of sp³-hybridized carbons (Fsp3) is 0.172. The fourth-order valence-electron chi connectivity index (χ4n) is 12.9. The molecule has 3 aromatic heterocycles. The molecule has 0 spiro atoms. The zero-order valence-electron chi connectivity index (χ0n) is 35.5. The Morgan fingerprint density at radius 1 is 0.600 bits per heavy atom. The minimum atomic E-state index is -0.0336. The number of rotatable bonds is 7. The summed E-state index contributed by atoms with van der Waals surface area (Å²) in [5.74, 6) is 5.04. The van der Waals surface area contributed by atoms with Crippen LogP contribution in [0.15, 0.2) is 174 Å². The molecule has 5 aliphatic rings. The number of pyridine rings is 1. The van der Waals surface area contributed by atoms with Crippen LogP contribution in [-0.2, 0) is 26.5 Å². The molecule has 0 unspecified atom stereocenters. The summed E-state index contributed by atoms with van der Waals surface area (Å²) in [5, 5.41) is 4.10. The van der Waals surface area contributed by atoms with Gasteiger partial charge in [0.15, 0.2) is 0 Å². The molecule has 65 heavy (non-hydrogen) atoms. The van der Waals surface area contributed by atoms with Crippen molar-refractivity contribution in [2.24, 2.45) is 23.7 Å². The summed E-state index contributed by atoms with van der Waals surface area (Å²) in [7, 11) is 0. The van der Waals surface area contributed by atoms with Gasteiger partial charge in [0, 0.05) is 72.3 Å². The van der Waals surface area contributed by atoms with Crippen molar-refractivity contribution in [2.75, 3.05) is 9.80 Å². The van der Waals surface area contributed by atoms with E-state index in [9.17, 15) is 0 Å². The third-order valence-electron chi connectivity index (χ3n) is 15.2. The van der Waals surface area contributed by atoms with Crippen molar-refractivity contribution in [2.45, 2.75) is 37.5 Å². The minimum absolute atomic E-state index is 0. The Balaban J connectivity index is 0.00000423. The van der Waals surface area contributed by atoms with Gasteiger partial charge in [0.2, 0.25) is 0 Å². The third kappa shape index (κ3) is 5.85. The van der Waals surface area contributed by atoms with Crippen molar-refractivity contribution in [1.82, 2.24) is 9.55 Å². The van der Waals surface area contributed by atoms with Gasteiger partial charge < -0.3 is 23.5 Å². The van der Waals surface area contributed by atoms with E-state index in [-0.39, 0.29) is 26.5 Å². The Bertz CT molecular complexity index is 3420. The van der Waals surface area contributed by atoms with Crippen LogP contribution in [0.5, 0.6) is 11.5 Å². The molecule has 6 nitrogen and oxygen atoms in total. The van der Waals surface area contributed by atoms with Crippen LogP contribution in [0.1, 0.15) is 43.2 Å². The van der Waals surface area contributed by atoms with Gasteiger partial charge in [-0.05, 0) is 132 Å². The number of hydrogen-bond acceptors (Lipinski definition) is 5. The second-order valence-corrected chi connectivity index (χ2v) is 18.5. The second-order valence-electron chi connectivity index (χ2n) is 18.5. The smallest absolute Gasteiger partial charge is 0.135 e. The molecule has 4 aliphatic carbocycles. The van der Waals surface area contributed by atoms with Gasteiger partial charge in [-0.1, -0.05) is 108 Å². The molecule has 0 saturated heterocycles. The summed E-state index contributed by atoms with van der Waals surface area (Å²) in [6.07, 6.45) is 8.73. The minimum Gasteiger partial charge on any atom is -0.508 e. The molecule has 4 fully saturated rings. The van der Waals surface area contributed by atoms with E-state index in [1.54, 1.807) is 0 Å². The Labute approximate surface area is 392 Å². The van der Waals surface area contributed by atoms with Crippen LogP contribution in [0.2, 0.25) is 0 Å². The van der Waals surface area contributed by atoms with E-state index in [4.69, 9.17) is 14.1 Å². The molecular weight excluding hydrogens is 980 g/mol. The van der Waals surface area contributed by atoms with Gasteiger partial charge in [-0.15, -0.1) is 36.3 Å². The largest absolute Gasteiger partial charge is 0.508 e. The molecule has 0 amide bonds. The third-order valence-corrected chi connectivity index (χ3v) is 15.2. The standard InChI is InChI=1S/C58H43N4O2.Pt/c1-3-13-39(14-4-1)58(41-28-37-27-38(30-41)31-42(58)29-37)40-25-26-59-56(32-40)62-49-19-9-7-17-46(49)47-24-23-45(35-52(47)62)63-54-33-44(34-55-57(54)48-18-8-12-22-53(48)64-55)61-36-60(43-15-5-2-6-16-43)50-20-10-11-21-51(50)61;/h1-26,32,34,36-38,41-42H,27-31H2;/q-3;. The number of aromatic nitrogens is 2. The molecular formula is C58H43N4O2Pt-3. The van der Waals surface area contributed by atoms with E-state index >= 15 is 0 Å². The summed E-state index contributed by atoms with van der Waals surface area (Å²) >= 11 is 0. The average molecular weight is 1020 g/mol. The molecule has 0 radical (unpaired) electrons. The molecule has 0 N–H and O–H groups in total. The van der Waals surface area contributed by atoms with Gasteiger partial charge >= 0.3 is 0 Å². The number of ether oxygens (including phenoxy) is 1. The summed E-state index contributed by atoms with van der Waals surface area (Å²) in [6.45, 7) is 2.12. The Morgan fingerprint density at radius 2 is 1.28 bits per heavy atom. The number of hydrogen-bond donors (Lipinski definition) is 0. The van der Waals surface area contributed by atoms with Crippen molar-refractivity contribution in [3.05, 3.63) is 200 Å². The number of benzene rings is 7. The van der Waals surface area contributed by atoms with Crippen molar-refractivity contribution in [3.63, 3.8) is 0 Å². The quantitative estimate of drug-likeness (QED) is 0.149. The zero-order chi connectivity index (χ0) is 41.9. The first kappa shape index (κ1) is 38.8. The summed E-state index contributed by atoms with van der Waals surface area (Å²) in [5.41, 5.74) is 10.4. The maximum atomic E-state index is 7.05. The van der Waals surface area contributed by atoms with Crippen LogP contribution in [0.4, 0.5) is 22.7 Å². The molecule has 320 valence electrons.